The van der Waals surface area contributed by atoms with Gasteiger partial charge in [0.2, 0.25) is 11.8 Å². The zero-order valence-corrected chi connectivity index (χ0v) is 16.2. The number of benzene rings is 1. The van der Waals surface area contributed by atoms with E-state index >= 15 is 0 Å². The van der Waals surface area contributed by atoms with E-state index in [1.165, 1.54) is 18.2 Å². The second-order valence-corrected chi connectivity index (χ2v) is 7.22. The maximum Gasteiger partial charge on any atom is 0.246 e. The summed E-state index contributed by atoms with van der Waals surface area (Å²) in [6, 6.07) is 6.32. The van der Waals surface area contributed by atoms with E-state index in [1.54, 1.807) is 30.3 Å². The van der Waals surface area contributed by atoms with Gasteiger partial charge >= 0.3 is 0 Å². The number of aromatic nitrogens is 2. The molecule has 3 heterocycles. The molecular formula is C22H21FN4O2. The Morgan fingerprint density at radius 2 is 2.14 bits per heavy atom. The average molecular weight is 392 g/mol. The second-order valence-electron chi connectivity index (χ2n) is 7.22. The van der Waals surface area contributed by atoms with Gasteiger partial charge < -0.3 is 15.2 Å². The Morgan fingerprint density at radius 1 is 1.31 bits per heavy atom. The van der Waals surface area contributed by atoms with Crippen molar-refractivity contribution in [3.63, 3.8) is 0 Å². The summed E-state index contributed by atoms with van der Waals surface area (Å²) in [6.45, 7) is 1.93. The minimum Gasteiger partial charge on any atom is -0.361 e. The zero-order valence-electron chi connectivity index (χ0n) is 16.2. The van der Waals surface area contributed by atoms with Crippen molar-refractivity contribution >= 4 is 34.6 Å². The van der Waals surface area contributed by atoms with Gasteiger partial charge in [0.25, 0.3) is 0 Å². The lowest BCUT2D eigenvalue weighted by Crippen LogP contribution is -2.27. The topological polar surface area (TPSA) is 78.1 Å². The van der Waals surface area contributed by atoms with Crippen LogP contribution in [0.3, 0.4) is 0 Å². The lowest BCUT2D eigenvalue weighted by Gasteiger charge is -2.23. The number of aromatic amines is 1. The normalized spacial score (nSPS) is 14.7. The Morgan fingerprint density at radius 3 is 2.97 bits per heavy atom. The van der Waals surface area contributed by atoms with Gasteiger partial charge in [-0.2, -0.15) is 0 Å². The molecule has 2 N–H and O–H groups in total. The van der Waals surface area contributed by atoms with E-state index in [1.807, 2.05) is 19.2 Å². The number of nitrogens with zero attached hydrogens (tertiary/aromatic N) is 2. The van der Waals surface area contributed by atoms with Gasteiger partial charge in [-0.15, -0.1) is 0 Å². The summed E-state index contributed by atoms with van der Waals surface area (Å²) in [5, 5.41) is 3.64. The number of H-pyrrole nitrogens is 1. The summed E-state index contributed by atoms with van der Waals surface area (Å²) in [4.78, 5) is 33.1. The van der Waals surface area contributed by atoms with E-state index in [0.717, 1.165) is 22.1 Å². The number of likely N-dealkylation sites (N-methyl/N-ethyl adjacent to an activating group) is 1. The molecule has 1 aromatic carbocycles. The smallest absolute Gasteiger partial charge is 0.246 e. The van der Waals surface area contributed by atoms with Crippen molar-refractivity contribution < 1.29 is 14.0 Å². The van der Waals surface area contributed by atoms with Gasteiger partial charge in [-0.25, -0.2) is 9.37 Å². The molecule has 0 bridgehead atoms. The highest BCUT2D eigenvalue weighted by atomic mass is 19.1. The maximum atomic E-state index is 13.4. The molecule has 3 aromatic rings. The SMILES string of the molecule is CC(c1c[nH]c2cc(F)ccc12)N(C)C(=O)/C=C/c1cnc2c(c1)CCC(=O)N2. The molecule has 1 aliphatic heterocycles. The third kappa shape index (κ3) is 3.76. The number of pyridine rings is 1. The van der Waals surface area contributed by atoms with Crippen LogP contribution in [0.5, 0.6) is 0 Å². The highest BCUT2D eigenvalue weighted by Gasteiger charge is 2.19. The molecule has 1 unspecified atom stereocenters. The Balaban J connectivity index is 1.49. The van der Waals surface area contributed by atoms with Gasteiger partial charge in [-0.3, -0.25) is 9.59 Å². The summed E-state index contributed by atoms with van der Waals surface area (Å²) in [6.07, 6.45) is 7.75. The molecule has 0 saturated carbocycles. The van der Waals surface area contributed by atoms with Crippen LogP contribution in [-0.2, 0) is 16.0 Å². The number of hydrogen-bond acceptors (Lipinski definition) is 3. The number of aryl methyl sites for hydroxylation is 1. The predicted molar refractivity (Wildman–Crippen MR) is 110 cm³/mol. The van der Waals surface area contributed by atoms with Gasteiger partial charge in [0.1, 0.15) is 11.6 Å². The fourth-order valence-electron chi connectivity index (χ4n) is 3.52. The number of carbonyl (C=O) groups is 2. The van der Waals surface area contributed by atoms with Gasteiger partial charge in [0.15, 0.2) is 0 Å². The van der Waals surface area contributed by atoms with E-state index in [-0.39, 0.29) is 23.7 Å². The Kier molecular flexibility index (Phi) is 4.88. The number of anilines is 1. The molecule has 0 aliphatic carbocycles. The average Bonchev–Trinajstić information content (AvgIpc) is 3.13. The molecule has 1 atom stereocenters. The van der Waals surface area contributed by atoms with Crippen molar-refractivity contribution in [1.82, 2.24) is 14.9 Å². The number of hydrogen-bond donors (Lipinski definition) is 2. The van der Waals surface area contributed by atoms with Crippen LogP contribution in [0.25, 0.3) is 17.0 Å². The van der Waals surface area contributed by atoms with Crippen LogP contribution in [0, 0.1) is 5.82 Å². The van der Waals surface area contributed by atoms with Crippen LogP contribution < -0.4 is 5.32 Å². The lowest BCUT2D eigenvalue weighted by molar-refractivity contribution is -0.126. The molecule has 0 radical (unpaired) electrons. The first-order valence-corrected chi connectivity index (χ1v) is 9.42. The van der Waals surface area contributed by atoms with Crippen LogP contribution >= 0.6 is 0 Å². The first-order valence-electron chi connectivity index (χ1n) is 9.42. The molecule has 0 fully saturated rings. The molecule has 1 aliphatic rings. The first kappa shape index (κ1) is 18.9. The molecule has 4 rings (SSSR count). The summed E-state index contributed by atoms with van der Waals surface area (Å²) < 4.78 is 13.4. The largest absolute Gasteiger partial charge is 0.361 e. The molecule has 148 valence electrons. The number of rotatable bonds is 4. The third-order valence-electron chi connectivity index (χ3n) is 5.34. The van der Waals surface area contributed by atoms with Crippen molar-refractivity contribution in [2.75, 3.05) is 12.4 Å². The van der Waals surface area contributed by atoms with E-state index in [2.05, 4.69) is 15.3 Å². The van der Waals surface area contributed by atoms with Crippen molar-refractivity contribution in [1.29, 1.82) is 0 Å². The van der Waals surface area contributed by atoms with E-state index in [0.29, 0.717) is 24.2 Å². The summed E-state index contributed by atoms with van der Waals surface area (Å²) in [5.74, 6) is 0.106. The molecule has 6 nitrogen and oxygen atoms in total. The summed E-state index contributed by atoms with van der Waals surface area (Å²) in [5.41, 5.74) is 3.40. The zero-order chi connectivity index (χ0) is 20.5. The Labute approximate surface area is 167 Å². The van der Waals surface area contributed by atoms with Crippen LogP contribution in [0.1, 0.15) is 36.1 Å². The van der Waals surface area contributed by atoms with Crippen LogP contribution in [0.2, 0.25) is 0 Å². The monoisotopic (exact) mass is 392 g/mol. The highest BCUT2D eigenvalue weighted by Crippen LogP contribution is 2.28. The number of halogens is 1. The van der Waals surface area contributed by atoms with Crippen molar-refractivity contribution in [2.24, 2.45) is 0 Å². The maximum absolute atomic E-state index is 13.4. The van der Waals surface area contributed by atoms with Gasteiger partial charge in [0.05, 0.1) is 6.04 Å². The molecule has 2 aromatic heterocycles. The van der Waals surface area contributed by atoms with E-state index < -0.39 is 0 Å². The minimum atomic E-state index is -0.302. The number of carbonyl (C=O) groups excluding carboxylic acids is 2. The predicted octanol–water partition coefficient (Wildman–Crippen LogP) is 3.82. The molecule has 29 heavy (non-hydrogen) atoms. The van der Waals surface area contributed by atoms with E-state index in [9.17, 15) is 14.0 Å². The third-order valence-corrected chi connectivity index (χ3v) is 5.34. The number of nitrogens with one attached hydrogen (secondary N) is 2. The fraction of sp³-hybridized carbons (Fsp3) is 0.227. The van der Waals surface area contributed by atoms with E-state index in [4.69, 9.17) is 0 Å². The van der Waals surface area contributed by atoms with Gasteiger partial charge in [-0.1, -0.05) is 0 Å². The Hall–Kier alpha value is -3.48. The van der Waals surface area contributed by atoms with Crippen molar-refractivity contribution in [2.45, 2.75) is 25.8 Å². The summed E-state index contributed by atoms with van der Waals surface area (Å²) >= 11 is 0. The van der Waals surface area contributed by atoms with Crippen LogP contribution in [0.15, 0.2) is 42.7 Å². The second kappa shape index (κ2) is 7.50. The Bertz CT molecular complexity index is 1140. The number of amides is 2. The quantitative estimate of drug-likeness (QED) is 0.663. The van der Waals surface area contributed by atoms with Crippen LogP contribution in [0.4, 0.5) is 10.2 Å². The van der Waals surface area contributed by atoms with Crippen molar-refractivity contribution in [3.05, 3.63) is 65.2 Å². The first-order chi connectivity index (χ1) is 13.9. The molecular weight excluding hydrogens is 371 g/mol. The van der Waals surface area contributed by atoms with Gasteiger partial charge in [0, 0.05) is 42.8 Å². The highest BCUT2D eigenvalue weighted by molar-refractivity contribution is 5.94. The molecule has 0 saturated heterocycles. The molecule has 0 spiro atoms. The van der Waals surface area contributed by atoms with Crippen LogP contribution in [-0.4, -0.2) is 33.7 Å². The molecule has 2 amide bonds. The fourth-order valence-corrected chi connectivity index (χ4v) is 3.52. The molecule has 7 heteroatoms. The summed E-state index contributed by atoms with van der Waals surface area (Å²) in [7, 11) is 1.74. The number of fused-ring (bicyclic) bond motifs is 2. The van der Waals surface area contributed by atoms with Gasteiger partial charge in [-0.05, 0) is 60.4 Å². The van der Waals surface area contributed by atoms with Crippen molar-refractivity contribution in [3.8, 4) is 0 Å². The standard InChI is InChI=1S/C22H21FN4O2/c1-13(18-12-24-19-10-16(23)5-6-17(18)19)27(2)21(29)8-3-14-9-15-4-7-20(28)26-22(15)25-11-14/h3,5-6,8-13,24H,4,7H2,1-2H3,(H,25,26,28)/b8-3+. The lowest BCUT2D eigenvalue weighted by atomic mass is 10.0. The minimum absolute atomic E-state index is 0.0286.